The van der Waals surface area contributed by atoms with Gasteiger partial charge in [-0.25, -0.2) is 4.98 Å². The third-order valence-electron chi connectivity index (χ3n) is 2.36. The smallest absolute Gasteiger partial charge is 0.222 e. The van der Waals surface area contributed by atoms with E-state index in [2.05, 4.69) is 15.3 Å². The van der Waals surface area contributed by atoms with Crippen LogP contribution in [0.4, 0.5) is 11.8 Å². The van der Waals surface area contributed by atoms with Gasteiger partial charge in [0.1, 0.15) is 5.82 Å². The highest BCUT2D eigenvalue weighted by molar-refractivity contribution is 5.89. The van der Waals surface area contributed by atoms with Gasteiger partial charge in [0.25, 0.3) is 0 Å². The lowest BCUT2D eigenvalue weighted by atomic mass is 10.2. The van der Waals surface area contributed by atoms with Gasteiger partial charge < -0.3 is 15.8 Å². The first-order valence-corrected chi connectivity index (χ1v) is 5.65. The SMILES string of the molecule is CCOCCNc1nc(N)nc2ccccc12. The van der Waals surface area contributed by atoms with Crippen molar-refractivity contribution in [1.29, 1.82) is 0 Å². The summed E-state index contributed by atoms with van der Waals surface area (Å²) < 4.78 is 5.26. The number of nitrogen functional groups attached to an aromatic ring is 1. The van der Waals surface area contributed by atoms with Gasteiger partial charge in [-0.3, -0.25) is 0 Å². The van der Waals surface area contributed by atoms with Gasteiger partial charge >= 0.3 is 0 Å². The maximum absolute atomic E-state index is 5.66. The zero-order chi connectivity index (χ0) is 12.1. The first-order valence-electron chi connectivity index (χ1n) is 5.65. The van der Waals surface area contributed by atoms with Crippen molar-refractivity contribution in [2.45, 2.75) is 6.92 Å². The Morgan fingerprint density at radius 3 is 2.94 bits per heavy atom. The lowest BCUT2D eigenvalue weighted by molar-refractivity contribution is 0.158. The fraction of sp³-hybridized carbons (Fsp3) is 0.333. The third kappa shape index (κ3) is 2.82. The molecule has 5 nitrogen and oxygen atoms in total. The summed E-state index contributed by atoms with van der Waals surface area (Å²) in [4.78, 5) is 8.38. The molecule has 1 heterocycles. The summed E-state index contributed by atoms with van der Waals surface area (Å²) in [5, 5.41) is 4.18. The van der Waals surface area contributed by atoms with Crippen LogP contribution in [0.1, 0.15) is 6.92 Å². The molecule has 0 fully saturated rings. The Hall–Kier alpha value is -1.88. The molecule has 1 aromatic heterocycles. The average Bonchev–Trinajstić information content (AvgIpc) is 2.34. The Balaban J connectivity index is 2.20. The number of hydrogen-bond acceptors (Lipinski definition) is 5. The van der Waals surface area contributed by atoms with Crippen molar-refractivity contribution in [2.75, 3.05) is 30.8 Å². The number of rotatable bonds is 5. The number of nitrogens with one attached hydrogen (secondary N) is 1. The highest BCUT2D eigenvalue weighted by Crippen LogP contribution is 2.20. The molecule has 0 aliphatic heterocycles. The van der Waals surface area contributed by atoms with Crippen LogP contribution in [-0.2, 0) is 4.74 Å². The van der Waals surface area contributed by atoms with E-state index >= 15 is 0 Å². The van der Waals surface area contributed by atoms with Crippen LogP contribution in [0.5, 0.6) is 0 Å². The summed E-state index contributed by atoms with van der Waals surface area (Å²) in [6, 6.07) is 7.77. The van der Waals surface area contributed by atoms with Crippen LogP contribution >= 0.6 is 0 Å². The van der Waals surface area contributed by atoms with E-state index in [1.54, 1.807) is 0 Å². The van der Waals surface area contributed by atoms with E-state index < -0.39 is 0 Å². The lowest BCUT2D eigenvalue weighted by Gasteiger charge is -2.09. The zero-order valence-electron chi connectivity index (χ0n) is 9.81. The van der Waals surface area contributed by atoms with Gasteiger partial charge in [0.05, 0.1) is 12.1 Å². The number of anilines is 2. The van der Waals surface area contributed by atoms with Crippen LogP contribution in [0.3, 0.4) is 0 Å². The molecule has 1 aromatic carbocycles. The second kappa shape index (κ2) is 5.45. The summed E-state index contributed by atoms with van der Waals surface area (Å²) in [6.07, 6.45) is 0. The number of ether oxygens (including phenoxy) is 1. The first kappa shape index (κ1) is 11.6. The quantitative estimate of drug-likeness (QED) is 0.767. The number of benzene rings is 1. The second-order valence-electron chi connectivity index (χ2n) is 3.57. The number of nitrogens with zero attached hydrogens (tertiary/aromatic N) is 2. The molecule has 17 heavy (non-hydrogen) atoms. The molecule has 0 saturated heterocycles. The molecule has 0 saturated carbocycles. The predicted octanol–water partition coefficient (Wildman–Crippen LogP) is 1.66. The number of hydrogen-bond donors (Lipinski definition) is 2. The Kier molecular flexibility index (Phi) is 3.72. The lowest BCUT2D eigenvalue weighted by Crippen LogP contribution is -2.11. The molecule has 5 heteroatoms. The summed E-state index contributed by atoms with van der Waals surface area (Å²) in [5.41, 5.74) is 6.51. The number of aromatic nitrogens is 2. The maximum atomic E-state index is 5.66. The van der Waals surface area contributed by atoms with Crippen molar-refractivity contribution in [3.05, 3.63) is 24.3 Å². The van der Waals surface area contributed by atoms with Gasteiger partial charge in [-0.2, -0.15) is 4.98 Å². The molecule has 0 amide bonds. The highest BCUT2D eigenvalue weighted by atomic mass is 16.5. The van der Waals surface area contributed by atoms with E-state index in [9.17, 15) is 0 Å². The molecule has 0 radical (unpaired) electrons. The summed E-state index contributed by atoms with van der Waals surface area (Å²) in [7, 11) is 0. The summed E-state index contributed by atoms with van der Waals surface area (Å²) >= 11 is 0. The average molecular weight is 232 g/mol. The molecule has 0 bridgehead atoms. The minimum Gasteiger partial charge on any atom is -0.380 e. The maximum Gasteiger partial charge on any atom is 0.222 e. The topological polar surface area (TPSA) is 73.1 Å². The van der Waals surface area contributed by atoms with Crippen LogP contribution in [-0.4, -0.2) is 29.7 Å². The number of fused-ring (bicyclic) bond motifs is 1. The molecule has 0 aliphatic carbocycles. The van der Waals surface area contributed by atoms with Crippen molar-refractivity contribution in [2.24, 2.45) is 0 Å². The summed E-state index contributed by atoms with van der Waals surface area (Å²) in [5.74, 6) is 1.04. The standard InChI is InChI=1S/C12H16N4O/c1-2-17-8-7-14-11-9-5-3-4-6-10(9)15-12(13)16-11/h3-6H,2,7-8H2,1H3,(H3,13,14,15,16). The molecule has 2 rings (SSSR count). The summed E-state index contributed by atoms with van der Waals surface area (Å²) in [6.45, 7) is 4.04. The van der Waals surface area contributed by atoms with E-state index in [0.29, 0.717) is 19.8 Å². The van der Waals surface area contributed by atoms with Crippen molar-refractivity contribution in [3.63, 3.8) is 0 Å². The van der Waals surface area contributed by atoms with Gasteiger partial charge in [-0.15, -0.1) is 0 Å². The van der Waals surface area contributed by atoms with Gasteiger partial charge in [0.15, 0.2) is 0 Å². The normalized spacial score (nSPS) is 10.6. The Morgan fingerprint density at radius 1 is 1.29 bits per heavy atom. The fourth-order valence-electron chi connectivity index (χ4n) is 1.62. The molecule has 90 valence electrons. The predicted molar refractivity (Wildman–Crippen MR) is 68.9 cm³/mol. The Bertz CT molecular complexity index is 501. The molecule has 0 atom stereocenters. The second-order valence-corrected chi connectivity index (χ2v) is 3.57. The van der Waals surface area contributed by atoms with Gasteiger partial charge in [-0.1, -0.05) is 12.1 Å². The van der Waals surface area contributed by atoms with E-state index in [-0.39, 0.29) is 5.95 Å². The molecule has 3 N–H and O–H groups in total. The number of nitrogens with two attached hydrogens (primary N) is 1. The van der Waals surface area contributed by atoms with Crippen LogP contribution in [0.25, 0.3) is 10.9 Å². The van der Waals surface area contributed by atoms with Crippen LogP contribution < -0.4 is 11.1 Å². The minimum atomic E-state index is 0.280. The monoisotopic (exact) mass is 232 g/mol. The van der Waals surface area contributed by atoms with Crippen LogP contribution in [0.15, 0.2) is 24.3 Å². The first-order chi connectivity index (χ1) is 8.31. The van der Waals surface area contributed by atoms with Gasteiger partial charge in [0, 0.05) is 18.5 Å². The van der Waals surface area contributed by atoms with E-state index in [4.69, 9.17) is 10.5 Å². The third-order valence-corrected chi connectivity index (χ3v) is 2.36. The molecule has 0 spiro atoms. The largest absolute Gasteiger partial charge is 0.380 e. The van der Waals surface area contributed by atoms with E-state index in [1.807, 2.05) is 31.2 Å². The van der Waals surface area contributed by atoms with Crippen molar-refractivity contribution >= 4 is 22.7 Å². The molecule has 2 aromatic rings. The van der Waals surface area contributed by atoms with Crippen LogP contribution in [0.2, 0.25) is 0 Å². The minimum absolute atomic E-state index is 0.280. The van der Waals surface area contributed by atoms with E-state index in [0.717, 1.165) is 16.7 Å². The van der Waals surface area contributed by atoms with Gasteiger partial charge in [0.2, 0.25) is 5.95 Å². The van der Waals surface area contributed by atoms with Crippen molar-refractivity contribution in [3.8, 4) is 0 Å². The fourth-order valence-corrected chi connectivity index (χ4v) is 1.62. The van der Waals surface area contributed by atoms with Crippen molar-refractivity contribution in [1.82, 2.24) is 9.97 Å². The molecule has 0 aliphatic rings. The number of para-hydroxylation sites is 1. The highest BCUT2D eigenvalue weighted by Gasteiger charge is 2.04. The van der Waals surface area contributed by atoms with Crippen LogP contribution in [0, 0.1) is 0 Å². The molecular weight excluding hydrogens is 216 g/mol. The van der Waals surface area contributed by atoms with E-state index in [1.165, 1.54) is 0 Å². The Morgan fingerprint density at radius 2 is 2.12 bits per heavy atom. The zero-order valence-corrected chi connectivity index (χ0v) is 9.81. The van der Waals surface area contributed by atoms with Gasteiger partial charge in [-0.05, 0) is 19.1 Å². The van der Waals surface area contributed by atoms with Crippen molar-refractivity contribution < 1.29 is 4.74 Å². The Labute approximate surface area is 100 Å². The molecule has 0 unspecified atom stereocenters. The molecular formula is C12H16N4O.